The number of aliphatic hydroxyl groups is 3. The highest BCUT2D eigenvalue weighted by Gasteiger charge is 2.51. The van der Waals surface area contributed by atoms with Gasteiger partial charge in [0.2, 0.25) is 0 Å². The summed E-state index contributed by atoms with van der Waals surface area (Å²) in [7, 11) is 6.35. The van der Waals surface area contributed by atoms with E-state index in [0.29, 0.717) is 6.42 Å². The van der Waals surface area contributed by atoms with Crippen LogP contribution < -0.4 is 5.73 Å². The van der Waals surface area contributed by atoms with Gasteiger partial charge in [-0.3, -0.25) is 0 Å². The van der Waals surface area contributed by atoms with E-state index >= 15 is 0 Å². The molecule has 0 aromatic heterocycles. The van der Waals surface area contributed by atoms with E-state index in [4.69, 9.17) is 38.6 Å². The van der Waals surface area contributed by atoms with Crippen LogP contribution >= 0.6 is 0 Å². The number of nitrogens with two attached hydrogens (primary N) is 1. The molecule has 5 N–H and O–H groups in total. The summed E-state index contributed by atoms with van der Waals surface area (Å²) in [6.07, 6.45) is -5.39. The maximum Gasteiger partial charge on any atom is 0.184 e. The minimum atomic E-state index is -0.994. The van der Waals surface area contributed by atoms with Crippen LogP contribution in [0.4, 0.5) is 0 Å². The summed E-state index contributed by atoms with van der Waals surface area (Å²) in [6.45, 7) is 5.92. The quantitative estimate of drug-likeness (QED) is 0.426. The van der Waals surface area contributed by atoms with Gasteiger partial charge in [-0.2, -0.15) is 0 Å². The molecule has 188 valence electrons. The molecule has 9 nitrogen and oxygen atoms in total. The van der Waals surface area contributed by atoms with E-state index in [-0.39, 0.29) is 31.3 Å². The summed E-state index contributed by atoms with van der Waals surface area (Å²) in [4.78, 5) is 0. The van der Waals surface area contributed by atoms with E-state index < -0.39 is 73.3 Å². The zero-order chi connectivity index (χ0) is 24.7. The number of aliphatic hydroxyl groups excluding tert-OH is 3. The lowest BCUT2D eigenvalue weighted by atomic mass is 9.74. The van der Waals surface area contributed by atoms with Crippen molar-refractivity contribution in [2.75, 3.05) is 0 Å². The Morgan fingerprint density at radius 3 is 2.27 bits per heavy atom. The summed E-state index contributed by atoms with van der Waals surface area (Å²) in [5.41, 5.74) is 6.45. The Hall–Kier alpha value is -0.295. The van der Waals surface area contributed by atoms with Crippen LogP contribution in [0.15, 0.2) is 0 Å². The monoisotopic (exact) mass is 470 g/mol. The molecule has 0 amide bonds. The molecular weight excluding hydrogens is 429 g/mol. The van der Waals surface area contributed by atoms with E-state index in [9.17, 15) is 15.3 Å². The van der Waals surface area contributed by atoms with Crippen molar-refractivity contribution in [2.45, 2.75) is 133 Å². The average molecular weight is 470 g/mol. The lowest BCUT2D eigenvalue weighted by Crippen LogP contribution is -2.62. The van der Waals surface area contributed by atoms with Crippen molar-refractivity contribution < 1.29 is 40.4 Å². The Bertz CT molecular complexity index is 681. The molecular formula is C23H40BNO8. The van der Waals surface area contributed by atoms with Gasteiger partial charge in [-0.05, 0) is 44.9 Å². The highest BCUT2D eigenvalue weighted by Crippen LogP contribution is 2.40. The second-order valence-corrected chi connectivity index (χ2v) is 10.5. The summed E-state index contributed by atoms with van der Waals surface area (Å²) in [5, 5.41) is 32.3. The lowest BCUT2D eigenvalue weighted by molar-refractivity contribution is -0.311. The number of ether oxygens (including phenoxy) is 5. The molecule has 33 heavy (non-hydrogen) atoms. The standard InChI is InChI=1S/C23H40BNO8/c1-9-5-6-11(3)29-21-17(28)15(24)23(31-18(9)21)32-19-13(25)7-10(2)16(27)20(19)33-22-14(26)8-12(4)30-22/h9-23,26-28H,5-8,25H2,1-4H3/t9?,10-,11?,12-,13?,14?,15?,16?,17-,18?,19-,20-,21+,22+,23-/m1/s1/i4D. The molecule has 15 atom stereocenters. The Kier molecular flexibility index (Phi) is 7.66. The Balaban J connectivity index is 1.51. The van der Waals surface area contributed by atoms with Crippen LogP contribution in [0.2, 0.25) is 5.82 Å². The minimum absolute atomic E-state index is 0.00404. The first kappa shape index (κ1) is 24.4. The fourth-order valence-corrected chi connectivity index (χ4v) is 5.58. The van der Waals surface area contributed by atoms with Crippen molar-refractivity contribution in [3.63, 3.8) is 0 Å². The molecule has 3 heterocycles. The van der Waals surface area contributed by atoms with Gasteiger partial charge in [0.25, 0.3) is 0 Å². The van der Waals surface area contributed by atoms with Gasteiger partial charge in [0.1, 0.15) is 24.4 Å². The van der Waals surface area contributed by atoms with Gasteiger partial charge in [-0.25, -0.2) is 0 Å². The molecule has 2 radical (unpaired) electrons. The van der Waals surface area contributed by atoms with Crippen LogP contribution in [-0.2, 0) is 23.7 Å². The molecule has 10 heteroatoms. The molecule has 4 aliphatic rings. The fraction of sp³-hybridized carbons (Fsp3) is 1.00. The van der Waals surface area contributed by atoms with Crippen molar-refractivity contribution in [3.8, 4) is 0 Å². The maximum atomic E-state index is 11.0. The van der Waals surface area contributed by atoms with E-state index in [1.54, 1.807) is 0 Å². The van der Waals surface area contributed by atoms with Gasteiger partial charge < -0.3 is 44.7 Å². The van der Waals surface area contributed by atoms with Crippen LogP contribution in [-0.4, -0.2) is 96.7 Å². The second kappa shape index (κ2) is 10.4. The van der Waals surface area contributed by atoms with Crippen molar-refractivity contribution in [1.29, 1.82) is 0 Å². The zero-order valence-corrected chi connectivity index (χ0v) is 19.7. The largest absolute Gasteiger partial charge is 0.391 e. The number of hydrogen-bond donors (Lipinski definition) is 4. The molecule has 3 aliphatic heterocycles. The third-order valence-corrected chi connectivity index (χ3v) is 7.68. The third-order valence-electron chi connectivity index (χ3n) is 7.68. The van der Waals surface area contributed by atoms with Gasteiger partial charge in [-0.1, -0.05) is 13.8 Å². The van der Waals surface area contributed by atoms with Crippen LogP contribution in [0.25, 0.3) is 0 Å². The SMILES string of the molecule is [2H]C[C@@H]1CC(O)[C@H](O[C@@H]2C(O)[C@H](C)CC(N)[C@H]2O[C@H]2OC3C(C)CCC(C)O[C@H]3[C@H](O)C2[B])O1. The zero-order valence-electron chi connectivity index (χ0n) is 20.7. The molecule has 1 saturated carbocycles. The Morgan fingerprint density at radius 2 is 1.58 bits per heavy atom. The maximum absolute atomic E-state index is 11.0. The van der Waals surface area contributed by atoms with Crippen LogP contribution in [0, 0.1) is 11.8 Å². The van der Waals surface area contributed by atoms with Crippen LogP contribution in [0.3, 0.4) is 0 Å². The fourth-order valence-electron chi connectivity index (χ4n) is 5.58. The van der Waals surface area contributed by atoms with Crippen molar-refractivity contribution in [2.24, 2.45) is 17.6 Å². The first-order valence-corrected chi connectivity index (χ1v) is 12.2. The Labute approximate surface area is 199 Å². The van der Waals surface area contributed by atoms with E-state index in [0.717, 1.165) is 12.8 Å². The smallest absolute Gasteiger partial charge is 0.184 e. The number of fused-ring (bicyclic) bond motifs is 1. The van der Waals surface area contributed by atoms with Gasteiger partial charge in [0.05, 0.1) is 38.4 Å². The summed E-state index contributed by atoms with van der Waals surface area (Å²) in [5.74, 6) is -0.924. The second-order valence-electron chi connectivity index (χ2n) is 10.5. The van der Waals surface area contributed by atoms with Gasteiger partial charge in [-0.15, -0.1) is 0 Å². The lowest BCUT2D eigenvalue weighted by Gasteiger charge is -2.49. The molecule has 0 aromatic rings. The van der Waals surface area contributed by atoms with Crippen molar-refractivity contribution >= 4 is 7.85 Å². The van der Waals surface area contributed by atoms with E-state index in [1.807, 2.05) is 13.8 Å². The minimum Gasteiger partial charge on any atom is -0.391 e. The van der Waals surface area contributed by atoms with Crippen molar-refractivity contribution in [3.05, 3.63) is 0 Å². The highest BCUT2D eigenvalue weighted by molar-refractivity contribution is 6.12. The molecule has 3 saturated heterocycles. The van der Waals surface area contributed by atoms with Crippen LogP contribution in [0.1, 0.15) is 54.7 Å². The third kappa shape index (κ3) is 5.29. The van der Waals surface area contributed by atoms with Gasteiger partial charge in [0.15, 0.2) is 12.6 Å². The predicted molar refractivity (Wildman–Crippen MR) is 119 cm³/mol. The Morgan fingerprint density at radius 1 is 0.848 bits per heavy atom. The summed E-state index contributed by atoms with van der Waals surface area (Å²) in [6, 6.07) is -0.498. The first-order valence-electron chi connectivity index (χ1n) is 12.9. The molecule has 0 spiro atoms. The topological polar surface area (TPSA) is 133 Å². The normalized spacial score (nSPS) is 56.1. The summed E-state index contributed by atoms with van der Waals surface area (Å²) >= 11 is 0. The molecule has 1 aliphatic carbocycles. The van der Waals surface area contributed by atoms with Gasteiger partial charge in [0, 0.05) is 19.7 Å². The van der Waals surface area contributed by atoms with Crippen molar-refractivity contribution in [1.82, 2.24) is 0 Å². The molecule has 4 fully saturated rings. The predicted octanol–water partition coefficient (Wildman–Crippen LogP) is 0.227. The van der Waals surface area contributed by atoms with Gasteiger partial charge >= 0.3 is 0 Å². The average Bonchev–Trinajstić information content (AvgIpc) is 3.09. The van der Waals surface area contributed by atoms with E-state index in [2.05, 4.69) is 6.92 Å². The molecule has 0 aromatic carbocycles. The van der Waals surface area contributed by atoms with Crippen LogP contribution in [0.5, 0.6) is 0 Å². The number of hydrogen-bond acceptors (Lipinski definition) is 9. The molecule has 4 rings (SSSR count). The molecule has 7 unspecified atom stereocenters. The molecule has 0 bridgehead atoms. The van der Waals surface area contributed by atoms with E-state index in [1.165, 1.54) is 0 Å². The number of rotatable bonds is 4. The first-order chi connectivity index (χ1) is 16.1. The highest BCUT2D eigenvalue weighted by atomic mass is 16.7. The summed E-state index contributed by atoms with van der Waals surface area (Å²) < 4.78 is 37.8.